The van der Waals surface area contributed by atoms with Crippen LogP contribution in [0.1, 0.15) is 29.1 Å². The smallest absolute Gasteiger partial charge is 0.344 e. The minimum absolute atomic E-state index is 0.153. The average molecular weight is 403 g/mol. The highest BCUT2D eigenvalue weighted by Crippen LogP contribution is 2.27. The van der Waals surface area contributed by atoms with Gasteiger partial charge in [-0.2, -0.15) is 4.98 Å². The van der Waals surface area contributed by atoms with E-state index in [0.717, 1.165) is 12.7 Å². The van der Waals surface area contributed by atoms with Crippen molar-refractivity contribution in [2.45, 2.75) is 13.0 Å². The Balaban J connectivity index is 1.81. The fourth-order valence-electron chi connectivity index (χ4n) is 2.49. The zero-order chi connectivity index (χ0) is 20.3. The summed E-state index contributed by atoms with van der Waals surface area (Å²) in [5.41, 5.74) is 0.698. The third-order valence-electron chi connectivity index (χ3n) is 3.90. The van der Waals surface area contributed by atoms with Crippen molar-refractivity contribution in [1.29, 1.82) is 0 Å². The standard InChI is InChI=1S/C18H15ClN4O5/c1-10(16-21-17(28-22-16)11-3-5-12(19)6-4-11)20-13-7-8-15(23(25)26)14(9-13)18(24)27-2/h3-10,20H,1-2H3. The maximum atomic E-state index is 11.8. The van der Waals surface area contributed by atoms with Crippen LogP contribution in [0.5, 0.6) is 0 Å². The van der Waals surface area contributed by atoms with Crippen LogP contribution >= 0.6 is 11.6 Å². The molecule has 0 radical (unpaired) electrons. The van der Waals surface area contributed by atoms with E-state index >= 15 is 0 Å². The number of anilines is 1. The topological polar surface area (TPSA) is 120 Å². The maximum Gasteiger partial charge on any atom is 0.344 e. The summed E-state index contributed by atoms with van der Waals surface area (Å²) in [7, 11) is 1.16. The molecule has 0 fully saturated rings. The molecular formula is C18H15ClN4O5. The Bertz CT molecular complexity index is 1020. The summed E-state index contributed by atoms with van der Waals surface area (Å²) in [6.07, 6.45) is 0. The quantitative estimate of drug-likeness (QED) is 0.369. The molecule has 0 saturated heterocycles. The van der Waals surface area contributed by atoms with Gasteiger partial charge < -0.3 is 14.6 Å². The lowest BCUT2D eigenvalue weighted by Gasteiger charge is -2.12. The predicted octanol–water partition coefficient (Wildman–Crippen LogP) is 4.26. The van der Waals surface area contributed by atoms with Crippen molar-refractivity contribution in [2.75, 3.05) is 12.4 Å². The molecule has 0 saturated carbocycles. The van der Waals surface area contributed by atoms with Gasteiger partial charge in [-0.1, -0.05) is 16.8 Å². The van der Waals surface area contributed by atoms with Gasteiger partial charge in [0.15, 0.2) is 5.82 Å². The number of nitrogens with zero attached hydrogens (tertiary/aromatic N) is 3. The first-order valence-corrected chi connectivity index (χ1v) is 8.49. The summed E-state index contributed by atoms with van der Waals surface area (Å²) in [4.78, 5) is 26.6. The predicted molar refractivity (Wildman–Crippen MR) is 101 cm³/mol. The Hall–Kier alpha value is -3.46. The fourth-order valence-corrected chi connectivity index (χ4v) is 2.62. The molecule has 0 aliphatic heterocycles. The number of aromatic nitrogens is 2. The number of rotatable bonds is 6. The van der Waals surface area contributed by atoms with Crippen molar-refractivity contribution in [3.63, 3.8) is 0 Å². The number of carbonyl (C=O) groups excluding carboxylic acids is 1. The Morgan fingerprint density at radius 3 is 2.64 bits per heavy atom. The van der Waals surface area contributed by atoms with Crippen molar-refractivity contribution in [3.05, 3.63) is 69.0 Å². The van der Waals surface area contributed by atoms with E-state index in [0.29, 0.717) is 22.4 Å². The monoisotopic (exact) mass is 402 g/mol. The van der Waals surface area contributed by atoms with Crippen molar-refractivity contribution < 1.29 is 19.0 Å². The van der Waals surface area contributed by atoms with E-state index in [9.17, 15) is 14.9 Å². The molecule has 1 aromatic heterocycles. The summed E-state index contributed by atoms with van der Waals surface area (Å²) in [6, 6.07) is 10.6. The summed E-state index contributed by atoms with van der Waals surface area (Å²) in [5, 5.41) is 18.7. The Morgan fingerprint density at radius 2 is 2.00 bits per heavy atom. The highest BCUT2D eigenvalue weighted by Gasteiger charge is 2.22. The second-order valence-electron chi connectivity index (χ2n) is 5.81. The molecule has 0 aliphatic rings. The van der Waals surface area contributed by atoms with E-state index in [1.165, 1.54) is 18.2 Å². The van der Waals surface area contributed by atoms with E-state index in [1.807, 2.05) is 0 Å². The van der Waals surface area contributed by atoms with E-state index < -0.39 is 16.9 Å². The van der Waals surface area contributed by atoms with Crippen molar-refractivity contribution in [1.82, 2.24) is 10.1 Å². The molecule has 1 N–H and O–H groups in total. The average Bonchev–Trinajstić information content (AvgIpc) is 3.18. The first-order valence-electron chi connectivity index (χ1n) is 8.12. The molecule has 1 atom stereocenters. The Labute approximate surface area is 164 Å². The van der Waals surface area contributed by atoms with Crippen LogP contribution in [0.2, 0.25) is 5.02 Å². The van der Waals surface area contributed by atoms with Gasteiger partial charge in [0.25, 0.3) is 11.6 Å². The van der Waals surface area contributed by atoms with Gasteiger partial charge in [0, 0.05) is 22.3 Å². The van der Waals surface area contributed by atoms with Gasteiger partial charge >= 0.3 is 5.97 Å². The van der Waals surface area contributed by atoms with Crippen LogP contribution in [-0.2, 0) is 4.74 Å². The third kappa shape index (κ3) is 4.09. The van der Waals surface area contributed by atoms with E-state index in [2.05, 4.69) is 20.2 Å². The number of ether oxygens (including phenoxy) is 1. The molecule has 1 heterocycles. The molecule has 3 aromatic rings. The van der Waals surface area contributed by atoms with Crippen LogP contribution in [0, 0.1) is 10.1 Å². The second kappa shape index (κ2) is 8.05. The Morgan fingerprint density at radius 1 is 1.29 bits per heavy atom. The molecular weight excluding hydrogens is 388 g/mol. The number of hydrogen-bond donors (Lipinski definition) is 1. The van der Waals surface area contributed by atoms with E-state index in [-0.39, 0.29) is 11.3 Å². The van der Waals surface area contributed by atoms with Crippen LogP contribution in [0.4, 0.5) is 11.4 Å². The summed E-state index contributed by atoms with van der Waals surface area (Å²) >= 11 is 5.87. The molecule has 28 heavy (non-hydrogen) atoms. The minimum Gasteiger partial charge on any atom is -0.465 e. The molecule has 0 aliphatic carbocycles. The molecule has 0 spiro atoms. The van der Waals surface area contributed by atoms with Gasteiger partial charge in [0.05, 0.1) is 18.1 Å². The number of nitrogens with one attached hydrogen (secondary N) is 1. The number of esters is 1. The van der Waals surface area contributed by atoms with Gasteiger partial charge in [-0.25, -0.2) is 4.79 Å². The molecule has 9 nitrogen and oxygen atoms in total. The SMILES string of the molecule is COC(=O)c1cc(NC(C)c2noc(-c3ccc(Cl)cc3)n2)ccc1[N+](=O)[O-]. The second-order valence-corrected chi connectivity index (χ2v) is 6.25. The van der Waals surface area contributed by atoms with Gasteiger partial charge in [0.2, 0.25) is 0 Å². The zero-order valence-electron chi connectivity index (χ0n) is 14.9. The third-order valence-corrected chi connectivity index (χ3v) is 4.15. The maximum absolute atomic E-state index is 11.8. The van der Waals surface area contributed by atoms with Gasteiger partial charge in [-0.3, -0.25) is 10.1 Å². The molecule has 0 bridgehead atoms. The number of methoxy groups -OCH3 is 1. The minimum atomic E-state index is -0.799. The lowest BCUT2D eigenvalue weighted by Crippen LogP contribution is -2.11. The number of carbonyl (C=O) groups is 1. The van der Waals surface area contributed by atoms with Crippen LogP contribution in [-0.4, -0.2) is 28.1 Å². The normalized spacial score (nSPS) is 11.7. The van der Waals surface area contributed by atoms with Crippen LogP contribution in [0.15, 0.2) is 47.0 Å². The lowest BCUT2D eigenvalue weighted by atomic mass is 10.1. The number of halogens is 1. The zero-order valence-corrected chi connectivity index (χ0v) is 15.6. The molecule has 0 amide bonds. The molecule has 1 unspecified atom stereocenters. The Kier molecular flexibility index (Phi) is 5.55. The van der Waals surface area contributed by atoms with Crippen molar-refractivity contribution >= 4 is 28.9 Å². The summed E-state index contributed by atoms with van der Waals surface area (Å²) in [6.45, 7) is 1.79. The molecule has 2 aromatic carbocycles. The van der Waals surface area contributed by atoms with Gasteiger partial charge in [-0.05, 0) is 43.3 Å². The molecule has 3 rings (SSSR count). The lowest BCUT2D eigenvalue weighted by molar-refractivity contribution is -0.385. The fraction of sp³-hybridized carbons (Fsp3) is 0.167. The summed E-state index contributed by atoms with van der Waals surface area (Å²) in [5.74, 6) is -0.0882. The molecule has 144 valence electrons. The first-order chi connectivity index (χ1) is 13.4. The highest BCUT2D eigenvalue weighted by atomic mass is 35.5. The summed E-state index contributed by atoms with van der Waals surface area (Å²) < 4.78 is 9.88. The van der Waals surface area contributed by atoms with Crippen molar-refractivity contribution in [2.24, 2.45) is 0 Å². The van der Waals surface area contributed by atoms with E-state index in [1.54, 1.807) is 31.2 Å². The largest absolute Gasteiger partial charge is 0.465 e. The van der Waals surface area contributed by atoms with Crippen LogP contribution < -0.4 is 5.32 Å². The molecule has 10 heteroatoms. The number of hydrogen-bond acceptors (Lipinski definition) is 8. The van der Waals surface area contributed by atoms with E-state index in [4.69, 9.17) is 16.1 Å². The van der Waals surface area contributed by atoms with Crippen LogP contribution in [0.3, 0.4) is 0 Å². The van der Waals surface area contributed by atoms with Crippen molar-refractivity contribution in [3.8, 4) is 11.5 Å². The van der Waals surface area contributed by atoms with Crippen LogP contribution in [0.25, 0.3) is 11.5 Å². The number of benzene rings is 2. The van der Waals surface area contributed by atoms with Gasteiger partial charge in [0.1, 0.15) is 5.56 Å². The van der Waals surface area contributed by atoms with Gasteiger partial charge in [-0.15, -0.1) is 0 Å². The highest BCUT2D eigenvalue weighted by molar-refractivity contribution is 6.30. The number of nitro benzene ring substituents is 1. The first kappa shape index (κ1) is 19.3. The number of nitro groups is 1.